The van der Waals surface area contributed by atoms with Gasteiger partial charge in [-0.05, 0) is 6.92 Å². The minimum absolute atomic E-state index is 1.32. The van der Waals surface area contributed by atoms with Crippen LogP contribution < -0.4 is 0 Å². The quantitative estimate of drug-likeness (QED) is 0.397. The summed E-state index contributed by atoms with van der Waals surface area (Å²) in [5, 5.41) is 0. The molecule has 0 nitrogen and oxygen atoms in total. The van der Waals surface area contributed by atoms with Gasteiger partial charge in [0.1, 0.15) is 0 Å². The predicted octanol–water partition coefficient (Wildman–Crippen LogP) is 5.71. The molecule has 0 bridgehead atoms. The first-order valence-corrected chi connectivity index (χ1v) is 6.55. The van der Waals surface area contributed by atoms with Crippen LogP contribution in [0.3, 0.4) is 0 Å². The van der Waals surface area contributed by atoms with E-state index in [1.165, 1.54) is 5.47 Å². The van der Waals surface area contributed by atoms with Crippen LogP contribution in [0.4, 0.5) is 0 Å². The van der Waals surface area contributed by atoms with E-state index < -0.39 is 0 Å². The summed E-state index contributed by atoms with van der Waals surface area (Å²) in [6.45, 7) is 25.5. The molecule has 0 aliphatic heterocycles. The molecular formula is C15H35B. The Morgan fingerprint density at radius 3 is 1.19 bits per heavy atom. The summed E-state index contributed by atoms with van der Waals surface area (Å²) in [5.74, 6) is 2.04. The molecule has 0 N–H and O–H groups in total. The molecule has 0 aliphatic rings. The summed E-state index contributed by atoms with van der Waals surface area (Å²) < 4.78 is 0. The molecule has 98 valence electrons. The third-order valence-corrected chi connectivity index (χ3v) is 0.885. The van der Waals surface area contributed by atoms with E-state index in [1.807, 2.05) is 68.3 Å². The van der Waals surface area contributed by atoms with Gasteiger partial charge in [-0.1, -0.05) is 47.6 Å². The third kappa shape index (κ3) is 106. The van der Waals surface area contributed by atoms with E-state index in [9.17, 15) is 0 Å². The molecule has 0 aliphatic carbocycles. The summed E-state index contributed by atoms with van der Waals surface area (Å²) >= 11 is 0. The fourth-order valence-corrected chi connectivity index (χ4v) is 0.359. The van der Waals surface area contributed by atoms with Crippen LogP contribution >= 0.6 is 0 Å². The van der Waals surface area contributed by atoms with Crippen molar-refractivity contribution in [2.24, 2.45) is 0 Å². The van der Waals surface area contributed by atoms with Gasteiger partial charge in [0.25, 0.3) is 0 Å². The van der Waals surface area contributed by atoms with Crippen LogP contribution in [-0.4, -0.2) is 12.9 Å². The molecule has 0 fully saturated rings. The number of hydrogen-bond acceptors (Lipinski definition) is 0. The topological polar surface area (TPSA) is 0 Å². The normalized spacial score (nSPS) is 7.25. The molecule has 0 rings (SSSR count). The molecule has 0 radical (unpaired) electrons. The van der Waals surface area contributed by atoms with Crippen molar-refractivity contribution in [2.75, 3.05) is 0 Å². The van der Waals surface area contributed by atoms with Crippen molar-refractivity contribution in [1.29, 1.82) is 0 Å². The van der Waals surface area contributed by atoms with Crippen LogP contribution in [0.25, 0.3) is 0 Å². The second kappa shape index (κ2) is 63.0. The first kappa shape index (κ1) is 29.5. The fourth-order valence-electron chi connectivity index (χ4n) is 0.359. The van der Waals surface area contributed by atoms with Crippen molar-refractivity contribution in [3.63, 3.8) is 0 Å². The number of rotatable bonds is 1. The minimum atomic E-state index is 1.32. The summed E-state index contributed by atoms with van der Waals surface area (Å²) in [6.07, 6.45) is 3.83. The zero-order valence-electron chi connectivity index (χ0n) is 13.5. The Labute approximate surface area is 107 Å². The first-order valence-electron chi connectivity index (χ1n) is 6.55. The van der Waals surface area contributed by atoms with E-state index in [0.29, 0.717) is 0 Å². The molecule has 1 heteroatoms. The number of hydrogen-bond donors (Lipinski definition) is 0. The molecule has 0 atom stereocenters. The van der Waals surface area contributed by atoms with Crippen molar-refractivity contribution < 1.29 is 0 Å². The van der Waals surface area contributed by atoms with Gasteiger partial charge in [-0.15, -0.1) is 6.58 Å². The van der Waals surface area contributed by atoms with E-state index in [-0.39, 0.29) is 0 Å². The van der Waals surface area contributed by atoms with Crippen molar-refractivity contribution >= 4 is 12.9 Å². The average molecular weight is 226 g/mol. The molecule has 0 amide bonds. The van der Waals surface area contributed by atoms with Crippen LogP contribution in [0.15, 0.2) is 24.2 Å². The molecular weight excluding hydrogens is 191 g/mol. The third-order valence-electron chi connectivity index (χ3n) is 0.885. The zero-order valence-corrected chi connectivity index (χ0v) is 13.5. The second-order valence-electron chi connectivity index (χ2n) is 1.94. The molecule has 0 heterocycles. The summed E-state index contributed by atoms with van der Waals surface area (Å²) in [7, 11) is 0. The molecule has 0 aromatic carbocycles. The van der Waals surface area contributed by atoms with Crippen LogP contribution in [0.1, 0.15) is 69.2 Å². The Hall–Kier alpha value is -0.585. The van der Waals surface area contributed by atoms with Crippen LogP contribution in [0.2, 0.25) is 0 Å². The SMILES string of the molecule is C=CC.CC.CC.CC.CC=B/C(C)=C\C. The van der Waals surface area contributed by atoms with E-state index in [1.54, 1.807) is 6.08 Å². The molecule has 0 aromatic rings. The Morgan fingerprint density at radius 2 is 1.12 bits per heavy atom. The van der Waals surface area contributed by atoms with Gasteiger partial charge in [0.2, 0.25) is 0 Å². The molecule has 0 saturated heterocycles. The van der Waals surface area contributed by atoms with E-state index in [0.717, 1.165) is 0 Å². The van der Waals surface area contributed by atoms with Crippen molar-refractivity contribution in [3.8, 4) is 0 Å². The van der Waals surface area contributed by atoms with E-state index in [2.05, 4.69) is 26.5 Å². The molecule has 0 saturated carbocycles. The second-order valence-corrected chi connectivity index (χ2v) is 1.94. The van der Waals surface area contributed by atoms with Gasteiger partial charge in [0.05, 0.1) is 0 Å². The van der Waals surface area contributed by atoms with Crippen LogP contribution in [-0.2, 0) is 0 Å². The first-order chi connectivity index (χ1) is 7.72. The van der Waals surface area contributed by atoms with Crippen LogP contribution in [0, 0.1) is 0 Å². The van der Waals surface area contributed by atoms with Crippen molar-refractivity contribution in [2.45, 2.75) is 69.2 Å². The molecule has 16 heavy (non-hydrogen) atoms. The van der Waals surface area contributed by atoms with Gasteiger partial charge in [-0.25, -0.2) is 0 Å². The van der Waals surface area contributed by atoms with Gasteiger partial charge in [-0.2, -0.15) is 0 Å². The number of allylic oxidation sites excluding steroid dienone is 3. The average Bonchev–Trinajstić information content (AvgIpc) is 2.38. The van der Waals surface area contributed by atoms with Gasteiger partial charge >= 0.3 is 45.2 Å². The monoisotopic (exact) mass is 226 g/mol. The zero-order chi connectivity index (χ0) is 14.4. The maximum absolute atomic E-state index is 3.36. The Kier molecular flexibility index (Phi) is 116. The van der Waals surface area contributed by atoms with Gasteiger partial charge in [-0.3, -0.25) is 0 Å². The molecule has 0 unspecified atom stereocenters. The summed E-state index contributed by atoms with van der Waals surface area (Å²) in [5.41, 5.74) is 1.32. The van der Waals surface area contributed by atoms with Gasteiger partial charge in [0.15, 0.2) is 0 Å². The Morgan fingerprint density at radius 1 is 0.875 bits per heavy atom. The Balaban J connectivity index is -0.0000000379. The fraction of sp³-hybridized carbons (Fsp3) is 0.667. The van der Waals surface area contributed by atoms with Crippen molar-refractivity contribution in [1.82, 2.24) is 0 Å². The van der Waals surface area contributed by atoms with Crippen molar-refractivity contribution in [3.05, 3.63) is 24.2 Å². The Bertz CT molecular complexity index is 121. The van der Waals surface area contributed by atoms with Crippen LogP contribution in [0.5, 0.6) is 0 Å². The standard InChI is InChI=1S/C6H11B.C3H6.3C2H6/c1-4-6(3)7-5-2;1-3-2;3*1-2/h4-5H,1-3H3;3H,1H2,2H3;3*1-2H3/b6-4-;;;;. The maximum atomic E-state index is 3.36. The molecule has 0 aromatic heterocycles. The summed E-state index contributed by atoms with van der Waals surface area (Å²) in [4.78, 5) is 0. The predicted molar refractivity (Wildman–Crippen MR) is 86.8 cm³/mol. The van der Waals surface area contributed by atoms with E-state index in [4.69, 9.17) is 0 Å². The van der Waals surface area contributed by atoms with E-state index >= 15 is 0 Å². The summed E-state index contributed by atoms with van der Waals surface area (Å²) in [6, 6.07) is 0. The van der Waals surface area contributed by atoms with Gasteiger partial charge < -0.3 is 0 Å². The molecule has 0 spiro atoms. The van der Waals surface area contributed by atoms with Gasteiger partial charge in [0, 0.05) is 0 Å².